The number of rotatable bonds is 3. The lowest BCUT2D eigenvalue weighted by Gasteiger charge is -2.36. The van der Waals surface area contributed by atoms with Gasteiger partial charge in [0.15, 0.2) is 0 Å². The molecule has 0 bridgehead atoms. The lowest BCUT2D eigenvalue weighted by molar-refractivity contribution is -0.124. The van der Waals surface area contributed by atoms with Gasteiger partial charge in [0.05, 0.1) is 11.5 Å². The molecule has 1 amide bonds. The minimum atomic E-state index is -0.894. The molecule has 2 N–H and O–H groups in total. The van der Waals surface area contributed by atoms with Crippen molar-refractivity contribution in [3.05, 3.63) is 35.4 Å². The summed E-state index contributed by atoms with van der Waals surface area (Å²) in [5, 5.41) is 12.2. The second-order valence-corrected chi connectivity index (χ2v) is 5.49. The van der Waals surface area contributed by atoms with E-state index >= 15 is 0 Å². The first-order chi connectivity index (χ1) is 9.66. The quantitative estimate of drug-likeness (QED) is 0.866. The minimum absolute atomic E-state index is 0.0701. The van der Waals surface area contributed by atoms with Crippen LogP contribution in [0.5, 0.6) is 0 Å². The van der Waals surface area contributed by atoms with Crippen molar-refractivity contribution in [3.8, 4) is 0 Å². The van der Waals surface area contributed by atoms with Gasteiger partial charge in [-0.05, 0) is 31.0 Å². The summed E-state index contributed by atoms with van der Waals surface area (Å²) in [4.78, 5) is 25.3. The van der Waals surface area contributed by atoms with E-state index in [0.717, 1.165) is 24.9 Å². The van der Waals surface area contributed by atoms with Gasteiger partial charge in [-0.1, -0.05) is 18.2 Å². The summed E-state index contributed by atoms with van der Waals surface area (Å²) >= 11 is 0. The van der Waals surface area contributed by atoms with E-state index in [4.69, 9.17) is 0 Å². The second kappa shape index (κ2) is 5.25. The molecule has 2 aliphatic rings. The maximum absolute atomic E-state index is 11.7. The lowest BCUT2D eigenvalue weighted by Crippen LogP contribution is -2.45. The Morgan fingerprint density at radius 2 is 2.20 bits per heavy atom. The molecule has 0 aliphatic carbocycles. The van der Waals surface area contributed by atoms with Gasteiger partial charge in [-0.2, -0.15) is 0 Å². The van der Waals surface area contributed by atoms with Crippen molar-refractivity contribution in [3.63, 3.8) is 0 Å². The highest BCUT2D eigenvalue weighted by Crippen LogP contribution is 2.29. The van der Waals surface area contributed by atoms with E-state index < -0.39 is 5.97 Å². The third-order valence-corrected chi connectivity index (χ3v) is 4.34. The first-order valence-corrected chi connectivity index (χ1v) is 7.00. The summed E-state index contributed by atoms with van der Waals surface area (Å²) in [6.45, 7) is 2.20. The number of nitrogens with one attached hydrogen (secondary N) is 1. The molecule has 2 atom stereocenters. The van der Waals surface area contributed by atoms with Crippen LogP contribution in [0.15, 0.2) is 24.3 Å². The molecular weight excluding hydrogens is 256 g/mol. The Bertz CT molecular complexity index is 544. The van der Waals surface area contributed by atoms with Gasteiger partial charge < -0.3 is 10.4 Å². The standard InChI is InChI=1S/C15H18N2O3/c18-14-12-6-3-7-17(13(12)8-16-14)9-10-4-1-2-5-11(10)15(19)20/h1-2,4-5,12-13H,3,6-9H2,(H,16,18)(H,19,20). The smallest absolute Gasteiger partial charge is 0.336 e. The van der Waals surface area contributed by atoms with Crippen molar-refractivity contribution in [2.45, 2.75) is 25.4 Å². The number of hydrogen-bond donors (Lipinski definition) is 2. The van der Waals surface area contributed by atoms with Crippen LogP contribution in [-0.2, 0) is 11.3 Å². The van der Waals surface area contributed by atoms with Gasteiger partial charge in [0.25, 0.3) is 0 Å². The molecule has 1 aromatic rings. The van der Waals surface area contributed by atoms with Crippen LogP contribution in [0, 0.1) is 5.92 Å². The van der Waals surface area contributed by atoms with Gasteiger partial charge in [0.2, 0.25) is 5.91 Å². The van der Waals surface area contributed by atoms with Crippen molar-refractivity contribution in [2.24, 2.45) is 5.92 Å². The summed E-state index contributed by atoms with van der Waals surface area (Å²) < 4.78 is 0. The average molecular weight is 274 g/mol. The fraction of sp³-hybridized carbons (Fsp3) is 0.467. The monoisotopic (exact) mass is 274 g/mol. The Morgan fingerprint density at radius 3 is 3.00 bits per heavy atom. The summed E-state index contributed by atoms with van der Waals surface area (Å²) in [6, 6.07) is 7.31. The van der Waals surface area contributed by atoms with Crippen LogP contribution < -0.4 is 5.32 Å². The molecule has 20 heavy (non-hydrogen) atoms. The number of likely N-dealkylation sites (tertiary alicyclic amines) is 1. The largest absolute Gasteiger partial charge is 0.478 e. The maximum Gasteiger partial charge on any atom is 0.336 e. The molecule has 5 nitrogen and oxygen atoms in total. The van der Waals surface area contributed by atoms with Crippen molar-refractivity contribution in [2.75, 3.05) is 13.1 Å². The first kappa shape index (κ1) is 13.1. The summed E-state index contributed by atoms with van der Waals surface area (Å²) in [5.41, 5.74) is 1.17. The van der Waals surface area contributed by atoms with E-state index in [9.17, 15) is 14.7 Å². The zero-order chi connectivity index (χ0) is 14.1. The molecule has 0 saturated carbocycles. The van der Waals surface area contributed by atoms with Gasteiger partial charge in [-0.15, -0.1) is 0 Å². The third kappa shape index (κ3) is 2.29. The van der Waals surface area contributed by atoms with E-state index in [1.165, 1.54) is 0 Å². The van der Waals surface area contributed by atoms with Crippen LogP contribution in [0.4, 0.5) is 0 Å². The van der Waals surface area contributed by atoms with Crippen LogP contribution in [0.2, 0.25) is 0 Å². The molecule has 2 aliphatic heterocycles. The van der Waals surface area contributed by atoms with E-state index in [-0.39, 0.29) is 17.9 Å². The van der Waals surface area contributed by atoms with Crippen LogP contribution in [0.25, 0.3) is 0 Å². The molecule has 2 heterocycles. The van der Waals surface area contributed by atoms with Crippen LogP contribution in [0.1, 0.15) is 28.8 Å². The number of aromatic carboxylic acids is 1. The van der Waals surface area contributed by atoms with E-state index in [2.05, 4.69) is 10.2 Å². The summed E-state index contributed by atoms with van der Waals surface area (Å²) in [7, 11) is 0. The Morgan fingerprint density at radius 1 is 1.40 bits per heavy atom. The zero-order valence-electron chi connectivity index (χ0n) is 11.2. The number of carbonyl (C=O) groups excluding carboxylic acids is 1. The molecule has 2 unspecified atom stereocenters. The number of fused-ring (bicyclic) bond motifs is 1. The molecule has 5 heteroatoms. The number of carbonyl (C=O) groups is 2. The maximum atomic E-state index is 11.7. The van der Waals surface area contributed by atoms with Crippen molar-refractivity contribution in [1.82, 2.24) is 10.2 Å². The molecule has 1 aromatic carbocycles. The van der Waals surface area contributed by atoms with Gasteiger partial charge in [0.1, 0.15) is 0 Å². The van der Waals surface area contributed by atoms with Crippen molar-refractivity contribution >= 4 is 11.9 Å². The van der Waals surface area contributed by atoms with Crippen molar-refractivity contribution < 1.29 is 14.7 Å². The minimum Gasteiger partial charge on any atom is -0.478 e. The van der Waals surface area contributed by atoms with Gasteiger partial charge in [-0.3, -0.25) is 9.69 Å². The molecule has 2 fully saturated rings. The highest BCUT2D eigenvalue weighted by Gasteiger charge is 2.40. The molecule has 0 spiro atoms. The van der Waals surface area contributed by atoms with E-state index in [1.807, 2.05) is 12.1 Å². The van der Waals surface area contributed by atoms with Crippen molar-refractivity contribution in [1.29, 1.82) is 0 Å². The number of nitrogens with zero attached hydrogens (tertiary/aromatic N) is 1. The predicted molar refractivity (Wildman–Crippen MR) is 73.3 cm³/mol. The highest BCUT2D eigenvalue weighted by atomic mass is 16.4. The average Bonchev–Trinajstić information content (AvgIpc) is 2.82. The van der Waals surface area contributed by atoms with Crippen LogP contribution in [-0.4, -0.2) is 41.0 Å². The Hall–Kier alpha value is -1.88. The fourth-order valence-corrected chi connectivity index (χ4v) is 3.32. The molecule has 3 rings (SSSR count). The topological polar surface area (TPSA) is 69.6 Å². The summed E-state index contributed by atoms with van der Waals surface area (Å²) in [5.74, 6) is -0.679. The van der Waals surface area contributed by atoms with E-state index in [0.29, 0.717) is 18.7 Å². The normalized spacial score (nSPS) is 26.1. The molecular formula is C15H18N2O3. The lowest BCUT2D eigenvalue weighted by atomic mass is 9.91. The Balaban J connectivity index is 1.81. The Labute approximate surface area is 117 Å². The van der Waals surface area contributed by atoms with Gasteiger partial charge in [-0.25, -0.2) is 4.79 Å². The third-order valence-electron chi connectivity index (χ3n) is 4.34. The van der Waals surface area contributed by atoms with Gasteiger partial charge >= 0.3 is 5.97 Å². The number of carboxylic acids is 1. The fourth-order valence-electron chi connectivity index (χ4n) is 3.32. The SMILES string of the molecule is O=C(O)c1ccccc1CN1CCCC2C(=O)NCC21. The highest BCUT2D eigenvalue weighted by molar-refractivity contribution is 5.89. The van der Waals surface area contributed by atoms with Crippen LogP contribution in [0.3, 0.4) is 0 Å². The number of piperidine rings is 1. The number of amides is 1. The molecule has 106 valence electrons. The predicted octanol–water partition coefficient (Wildman–Crippen LogP) is 1.10. The summed E-state index contributed by atoms with van der Waals surface area (Å²) in [6.07, 6.45) is 1.93. The van der Waals surface area contributed by atoms with Crippen LogP contribution >= 0.6 is 0 Å². The zero-order valence-corrected chi connectivity index (χ0v) is 11.2. The van der Waals surface area contributed by atoms with E-state index in [1.54, 1.807) is 12.1 Å². The number of carboxylic acid groups (broad SMARTS) is 1. The Kier molecular flexibility index (Phi) is 3.44. The molecule has 0 radical (unpaired) electrons. The number of benzene rings is 1. The van der Waals surface area contributed by atoms with Gasteiger partial charge in [0, 0.05) is 19.1 Å². The number of hydrogen-bond acceptors (Lipinski definition) is 3. The molecule has 2 saturated heterocycles. The molecule has 0 aromatic heterocycles. The first-order valence-electron chi connectivity index (χ1n) is 7.00. The second-order valence-electron chi connectivity index (χ2n) is 5.49.